The third-order valence-corrected chi connectivity index (χ3v) is 11.7. The number of fused-ring (bicyclic) bond motifs is 3. The number of hydrogen-bond donors (Lipinski definition) is 3. The number of nitrogens with one attached hydrogen (secondary N) is 1. The number of nitrogens with two attached hydrogens (primary N) is 2. The summed E-state index contributed by atoms with van der Waals surface area (Å²) in [4.78, 5) is 88.5. The molecule has 5 N–H and O–H groups in total. The Hall–Kier alpha value is -8.55. The highest BCUT2D eigenvalue weighted by Crippen LogP contribution is 2.27. The average Bonchev–Trinajstić information content (AvgIpc) is 3.68. The molecule has 0 aromatic heterocycles. The Labute approximate surface area is 406 Å². The van der Waals surface area contributed by atoms with Gasteiger partial charge in [0.2, 0.25) is 0 Å². The smallest absolute Gasteiger partial charge is 0.363 e. The van der Waals surface area contributed by atoms with Crippen LogP contribution in [0.5, 0.6) is 0 Å². The summed E-state index contributed by atoms with van der Waals surface area (Å²) in [7, 11) is 1.52. The summed E-state index contributed by atoms with van der Waals surface area (Å²) in [5.74, 6) is 3.67. The number of unbranched alkanes of at least 4 members (excludes halogenated alkanes) is 3. The van der Waals surface area contributed by atoms with Crippen molar-refractivity contribution >= 4 is 84.7 Å². The van der Waals surface area contributed by atoms with Gasteiger partial charge >= 0.3 is 5.97 Å². The highest BCUT2D eigenvalue weighted by Gasteiger charge is 2.33. The number of ketones is 3. The van der Waals surface area contributed by atoms with Gasteiger partial charge in [0.1, 0.15) is 5.78 Å². The maximum absolute atomic E-state index is 12.7. The number of rotatable bonds is 15. The molecular formula is C57H54N4O9. The molecule has 0 radical (unpaired) electrons. The second kappa shape index (κ2) is 24.5. The number of imide groups is 1. The van der Waals surface area contributed by atoms with E-state index in [1.54, 1.807) is 42.5 Å². The van der Waals surface area contributed by atoms with Gasteiger partial charge in [-0.15, -0.1) is 29.8 Å². The van der Waals surface area contributed by atoms with Crippen LogP contribution in [-0.4, -0.2) is 59.8 Å². The number of allylic oxidation sites excluding steroid dienone is 2. The van der Waals surface area contributed by atoms with Crippen LogP contribution in [0.15, 0.2) is 121 Å². The molecule has 6 aromatic rings. The van der Waals surface area contributed by atoms with Gasteiger partial charge in [-0.25, -0.2) is 4.79 Å². The van der Waals surface area contributed by atoms with Crippen molar-refractivity contribution < 1.29 is 43.1 Å². The number of nitrogen functional groups attached to an aromatic ring is 2. The normalized spacial score (nSPS) is 14.0. The van der Waals surface area contributed by atoms with Crippen molar-refractivity contribution in [3.63, 3.8) is 0 Å². The van der Waals surface area contributed by atoms with Crippen molar-refractivity contribution in [3.8, 4) is 24.7 Å². The lowest BCUT2D eigenvalue weighted by molar-refractivity contribution is -0.172. The van der Waals surface area contributed by atoms with Crippen molar-refractivity contribution in [1.29, 1.82) is 0 Å². The van der Waals surface area contributed by atoms with Crippen LogP contribution in [-0.2, 0) is 35.2 Å². The molecule has 0 bridgehead atoms. The standard InChI is InChI=1S/C26H26O4.C16H16N2O.C15H12N2O4/c1-3-4-5-6-7-25(28)21-11-10-19-12-18(8-9-20(19)14-21)13-26(29)22-15-23(27)17-24(16-22)30-2;1-2-3-4-9-18-16(19)14-6-5-13-11-15(17)8-7-12(13)10-14;16-12-4-3-9-7-11(2-1-10(9)8-12)15(20)21-17-13(18)5-6-14(17)19/h1,8-12,14,17,22H,4-7,13,15-16H2,2H3;1,5-8,10-11H,3-4,9,17H2,(H,18,19);1-4,7-8H,5-6,16H2. The van der Waals surface area contributed by atoms with E-state index < -0.39 is 17.8 Å². The molecule has 3 amide bonds. The summed E-state index contributed by atoms with van der Waals surface area (Å²) in [5, 5.41) is 9.09. The highest BCUT2D eigenvalue weighted by atomic mass is 16.7. The van der Waals surface area contributed by atoms with Crippen LogP contribution >= 0.6 is 0 Å². The van der Waals surface area contributed by atoms with Crippen LogP contribution in [0.4, 0.5) is 11.4 Å². The SMILES string of the molecule is C#CCCCCC(=O)c1ccc2cc(CC(=O)C3CC(=O)C=C(OC)C3)ccc2c1.C#CCCCNC(=O)c1ccc2cc(N)ccc2c1.Nc1ccc2cc(C(=O)ON3C(=O)CCC3=O)ccc2c1. The molecular weight excluding hydrogens is 885 g/mol. The van der Waals surface area contributed by atoms with Crippen LogP contribution in [0.3, 0.4) is 0 Å². The lowest BCUT2D eigenvalue weighted by atomic mass is 9.86. The van der Waals surface area contributed by atoms with Gasteiger partial charge in [0.25, 0.3) is 17.7 Å². The van der Waals surface area contributed by atoms with Crippen LogP contribution in [0.1, 0.15) is 101 Å². The summed E-state index contributed by atoms with van der Waals surface area (Å²) >= 11 is 0. The average molecular weight is 939 g/mol. The molecule has 1 unspecified atom stereocenters. The predicted molar refractivity (Wildman–Crippen MR) is 271 cm³/mol. The molecule has 0 spiro atoms. The van der Waals surface area contributed by atoms with Crippen molar-refractivity contribution in [2.45, 2.75) is 70.6 Å². The van der Waals surface area contributed by atoms with Crippen molar-refractivity contribution in [1.82, 2.24) is 10.4 Å². The summed E-state index contributed by atoms with van der Waals surface area (Å²) in [6, 6.07) is 32.9. The minimum Gasteiger partial charge on any atom is -0.501 e. The van der Waals surface area contributed by atoms with Crippen LogP contribution in [0.2, 0.25) is 0 Å². The van der Waals surface area contributed by atoms with E-state index >= 15 is 0 Å². The molecule has 1 aliphatic heterocycles. The van der Waals surface area contributed by atoms with Gasteiger partial charge in [-0.2, -0.15) is 0 Å². The Kier molecular flexibility index (Phi) is 17.8. The zero-order valence-corrected chi connectivity index (χ0v) is 39.0. The predicted octanol–water partition coefficient (Wildman–Crippen LogP) is 9.05. The lowest BCUT2D eigenvalue weighted by Crippen LogP contribution is -2.32. The summed E-state index contributed by atoms with van der Waals surface area (Å²) < 4.78 is 5.17. The number of carbonyl (C=O) groups excluding carboxylic acids is 7. The Morgan fingerprint density at radius 1 is 0.657 bits per heavy atom. The second-order valence-corrected chi connectivity index (χ2v) is 16.9. The first-order valence-electron chi connectivity index (χ1n) is 22.9. The first-order valence-corrected chi connectivity index (χ1v) is 22.9. The molecule has 1 saturated heterocycles. The van der Waals surface area contributed by atoms with E-state index in [0.29, 0.717) is 59.9 Å². The molecule has 70 heavy (non-hydrogen) atoms. The summed E-state index contributed by atoms with van der Waals surface area (Å²) in [6.45, 7) is 0.600. The Bertz CT molecular complexity index is 3090. The largest absolute Gasteiger partial charge is 0.501 e. The number of Topliss-reactive ketones (excluding diaryl/α,β-unsaturated/α-hetero) is 2. The van der Waals surface area contributed by atoms with E-state index in [-0.39, 0.29) is 60.4 Å². The quantitative estimate of drug-likeness (QED) is 0.0291. The van der Waals surface area contributed by atoms with Crippen molar-refractivity contribution in [2.24, 2.45) is 5.92 Å². The van der Waals surface area contributed by atoms with Gasteiger partial charge in [0.15, 0.2) is 11.6 Å². The highest BCUT2D eigenvalue weighted by molar-refractivity contribution is 6.04. The third kappa shape index (κ3) is 14.0. The van der Waals surface area contributed by atoms with E-state index in [2.05, 4.69) is 17.2 Å². The van der Waals surface area contributed by atoms with Crippen LogP contribution in [0.25, 0.3) is 32.3 Å². The fourth-order valence-corrected chi connectivity index (χ4v) is 7.89. The molecule has 356 valence electrons. The lowest BCUT2D eigenvalue weighted by Gasteiger charge is -2.20. The molecule has 2 aliphatic rings. The van der Waals surface area contributed by atoms with Gasteiger partial charge in [-0.3, -0.25) is 28.8 Å². The second-order valence-electron chi connectivity index (χ2n) is 16.9. The zero-order valence-electron chi connectivity index (χ0n) is 39.0. The van der Waals surface area contributed by atoms with E-state index in [9.17, 15) is 33.6 Å². The molecule has 6 aromatic carbocycles. The monoisotopic (exact) mass is 938 g/mol. The summed E-state index contributed by atoms with van der Waals surface area (Å²) in [5.41, 5.74) is 15.3. The Morgan fingerprint density at radius 2 is 1.19 bits per heavy atom. The zero-order chi connectivity index (χ0) is 50.2. The maximum atomic E-state index is 12.7. The van der Waals surface area contributed by atoms with Crippen LogP contribution in [0, 0.1) is 30.6 Å². The topological polar surface area (TPSA) is 205 Å². The molecule has 13 heteroatoms. The first kappa shape index (κ1) is 50.9. The maximum Gasteiger partial charge on any atom is 0.363 e. The molecule has 13 nitrogen and oxygen atoms in total. The number of benzene rings is 6. The number of terminal acetylenes is 2. The van der Waals surface area contributed by atoms with E-state index in [0.717, 1.165) is 62.8 Å². The third-order valence-electron chi connectivity index (χ3n) is 11.7. The number of hydrogen-bond acceptors (Lipinski definition) is 11. The fraction of sp³-hybridized carbons (Fsp3) is 0.246. The van der Waals surface area contributed by atoms with Gasteiger partial charge in [0, 0.05) is 92.4 Å². The van der Waals surface area contributed by atoms with Crippen molar-refractivity contribution in [3.05, 3.63) is 143 Å². The molecule has 1 heterocycles. The van der Waals surface area contributed by atoms with Crippen LogP contribution < -0.4 is 16.8 Å². The minimum atomic E-state index is -0.739. The number of amides is 3. The van der Waals surface area contributed by atoms with E-state index in [1.807, 2.05) is 66.7 Å². The molecule has 8 rings (SSSR count). The molecule has 1 atom stereocenters. The van der Waals surface area contributed by atoms with Gasteiger partial charge in [0.05, 0.1) is 18.4 Å². The number of ether oxygens (including phenoxy) is 1. The number of methoxy groups -OCH3 is 1. The number of carbonyl (C=O) groups is 7. The van der Waals surface area contributed by atoms with Gasteiger partial charge < -0.3 is 26.4 Å². The number of anilines is 2. The van der Waals surface area contributed by atoms with Crippen molar-refractivity contribution in [2.75, 3.05) is 25.1 Å². The number of nitrogens with zero attached hydrogens (tertiary/aromatic N) is 1. The van der Waals surface area contributed by atoms with Gasteiger partial charge in [-0.05, 0) is 112 Å². The molecule has 1 fully saturated rings. The Balaban J connectivity index is 0.000000178. The summed E-state index contributed by atoms with van der Waals surface area (Å²) in [6.07, 6.45) is 17.4. The number of hydroxylamine groups is 2. The first-order chi connectivity index (χ1) is 33.7. The molecule has 1 aliphatic carbocycles. The molecule has 0 saturated carbocycles. The van der Waals surface area contributed by atoms with E-state index in [1.165, 1.54) is 13.2 Å². The fourth-order valence-electron chi connectivity index (χ4n) is 7.89. The minimum absolute atomic E-state index is 0.0455. The Morgan fingerprint density at radius 3 is 1.81 bits per heavy atom. The van der Waals surface area contributed by atoms with E-state index in [4.69, 9.17) is 33.9 Å². The van der Waals surface area contributed by atoms with Gasteiger partial charge in [-0.1, -0.05) is 54.6 Å².